The van der Waals surface area contributed by atoms with Crippen LogP contribution in [0.2, 0.25) is 10.0 Å². The van der Waals surface area contributed by atoms with E-state index in [9.17, 15) is 39.6 Å². The molecule has 0 aliphatic heterocycles. The van der Waals surface area contributed by atoms with E-state index in [1.165, 1.54) is 24.3 Å². The van der Waals surface area contributed by atoms with Crippen molar-refractivity contribution in [1.82, 2.24) is 0 Å². The molecule has 168 valence electrons. The Balaban J connectivity index is 2.11. The molecule has 0 bridgehead atoms. The summed E-state index contributed by atoms with van der Waals surface area (Å²) in [4.78, 5) is 47.4. The number of hydrogen-bond acceptors (Lipinski definition) is 5. The minimum Gasteiger partial charge on any atom is -0.507 e. The average molecular weight is 490 g/mol. The quantitative estimate of drug-likeness (QED) is 0.332. The zero-order valence-electron chi connectivity index (χ0n) is 16.3. The third kappa shape index (κ3) is 4.89. The molecular formula is C22H13Cl2NO8. The first-order valence-electron chi connectivity index (χ1n) is 8.97. The Kier molecular flexibility index (Phi) is 6.57. The topological polar surface area (TPSA) is 161 Å². The minimum atomic E-state index is -1.60. The van der Waals surface area contributed by atoms with Crippen LogP contribution in [0, 0.1) is 0 Å². The van der Waals surface area contributed by atoms with Gasteiger partial charge in [-0.05, 0) is 42.0 Å². The molecule has 33 heavy (non-hydrogen) atoms. The van der Waals surface area contributed by atoms with E-state index in [-0.39, 0.29) is 16.3 Å². The molecule has 9 nitrogen and oxygen atoms in total. The number of anilines is 1. The highest BCUT2D eigenvalue weighted by atomic mass is 35.5. The molecule has 3 aromatic rings. The zero-order chi connectivity index (χ0) is 24.4. The van der Waals surface area contributed by atoms with E-state index in [0.29, 0.717) is 28.3 Å². The highest BCUT2D eigenvalue weighted by Gasteiger charge is 2.24. The number of nitrogens with one attached hydrogen (secondary N) is 1. The zero-order valence-corrected chi connectivity index (χ0v) is 17.8. The molecule has 0 aliphatic rings. The van der Waals surface area contributed by atoms with E-state index in [2.05, 4.69) is 5.32 Å². The summed E-state index contributed by atoms with van der Waals surface area (Å²) in [7, 11) is 0. The summed E-state index contributed by atoms with van der Waals surface area (Å²) in [5.74, 6) is -6.52. The van der Waals surface area contributed by atoms with Crippen LogP contribution in [0.4, 0.5) is 5.69 Å². The van der Waals surface area contributed by atoms with Crippen molar-refractivity contribution in [1.29, 1.82) is 0 Å². The first kappa shape index (κ1) is 23.6. The van der Waals surface area contributed by atoms with Crippen LogP contribution in [0.5, 0.6) is 5.75 Å². The van der Waals surface area contributed by atoms with Gasteiger partial charge in [0, 0.05) is 15.6 Å². The predicted molar refractivity (Wildman–Crippen MR) is 119 cm³/mol. The summed E-state index contributed by atoms with van der Waals surface area (Å²) in [5.41, 5.74) is -1.58. The first-order valence-corrected chi connectivity index (χ1v) is 9.73. The van der Waals surface area contributed by atoms with E-state index < -0.39 is 46.3 Å². The van der Waals surface area contributed by atoms with Crippen molar-refractivity contribution in [2.45, 2.75) is 0 Å². The molecular weight excluding hydrogens is 477 g/mol. The van der Waals surface area contributed by atoms with Crippen molar-refractivity contribution in [3.8, 4) is 16.9 Å². The Morgan fingerprint density at radius 1 is 0.697 bits per heavy atom. The van der Waals surface area contributed by atoms with Crippen LogP contribution in [-0.4, -0.2) is 44.2 Å². The molecule has 0 aromatic heterocycles. The lowest BCUT2D eigenvalue weighted by Gasteiger charge is -2.14. The summed E-state index contributed by atoms with van der Waals surface area (Å²) in [6.07, 6.45) is 0. The number of benzene rings is 3. The highest BCUT2D eigenvalue weighted by molar-refractivity contribution is 6.36. The van der Waals surface area contributed by atoms with Gasteiger partial charge in [0.25, 0.3) is 5.91 Å². The Hall–Kier alpha value is -4.08. The number of phenols is 1. The monoisotopic (exact) mass is 489 g/mol. The summed E-state index contributed by atoms with van der Waals surface area (Å²) >= 11 is 12.1. The SMILES string of the molecule is O=C(O)c1cc(C(=O)Nc2cc(-c3ccc(Cl)cc3Cl)ccc2C(=O)O)c(C(=O)O)cc1O. The standard InChI is InChI=1S/C22H13Cl2NO8/c23-10-2-4-11(16(24)6-10)9-1-3-12(20(28)29)17(5-9)25-19(27)13-7-15(22(32)33)18(26)8-14(13)21(30)31/h1-8,26H,(H,25,27)(H,28,29)(H,30,31)(H,32,33). The molecule has 0 saturated carbocycles. The van der Waals surface area contributed by atoms with Crippen LogP contribution in [0.1, 0.15) is 41.4 Å². The fraction of sp³-hybridized carbons (Fsp3) is 0. The van der Waals surface area contributed by atoms with Crippen LogP contribution in [0.25, 0.3) is 11.1 Å². The molecule has 3 aromatic carbocycles. The maximum atomic E-state index is 12.9. The van der Waals surface area contributed by atoms with Crippen LogP contribution < -0.4 is 5.32 Å². The molecule has 0 aliphatic carbocycles. The van der Waals surface area contributed by atoms with Gasteiger partial charge in [0.1, 0.15) is 11.3 Å². The average Bonchev–Trinajstić information content (AvgIpc) is 2.72. The van der Waals surface area contributed by atoms with Gasteiger partial charge in [0.15, 0.2) is 0 Å². The maximum Gasteiger partial charge on any atom is 0.339 e. The fourth-order valence-electron chi connectivity index (χ4n) is 3.04. The molecule has 3 rings (SSSR count). The van der Waals surface area contributed by atoms with Crippen molar-refractivity contribution in [3.63, 3.8) is 0 Å². The van der Waals surface area contributed by atoms with Gasteiger partial charge in [0.05, 0.1) is 22.4 Å². The molecule has 0 unspecified atom stereocenters. The van der Waals surface area contributed by atoms with Crippen LogP contribution >= 0.6 is 23.2 Å². The number of rotatable bonds is 6. The summed E-state index contributed by atoms with van der Waals surface area (Å²) in [6, 6.07) is 9.94. The third-order valence-corrected chi connectivity index (χ3v) is 5.13. The molecule has 0 fully saturated rings. The van der Waals surface area contributed by atoms with E-state index in [0.717, 1.165) is 0 Å². The number of aromatic hydroxyl groups is 1. The molecule has 0 atom stereocenters. The first-order chi connectivity index (χ1) is 15.5. The van der Waals surface area contributed by atoms with Crippen molar-refractivity contribution in [3.05, 3.63) is 80.8 Å². The Morgan fingerprint density at radius 3 is 1.91 bits per heavy atom. The molecule has 11 heteroatoms. The Bertz CT molecular complexity index is 1340. The van der Waals surface area contributed by atoms with E-state index in [1.807, 2.05) is 0 Å². The largest absolute Gasteiger partial charge is 0.507 e. The summed E-state index contributed by atoms with van der Waals surface area (Å²) in [6.45, 7) is 0. The smallest absolute Gasteiger partial charge is 0.339 e. The second-order valence-electron chi connectivity index (χ2n) is 6.67. The second kappa shape index (κ2) is 9.19. The van der Waals surface area contributed by atoms with E-state index in [4.69, 9.17) is 23.2 Å². The lowest BCUT2D eigenvalue weighted by Crippen LogP contribution is -2.19. The number of carbonyl (C=O) groups excluding carboxylic acids is 1. The van der Waals surface area contributed by atoms with Gasteiger partial charge in [-0.15, -0.1) is 0 Å². The molecule has 1 amide bonds. The normalized spacial score (nSPS) is 10.5. The number of carboxylic acid groups (broad SMARTS) is 3. The number of halogens is 2. The van der Waals surface area contributed by atoms with Crippen LogP contribution in [0.3, 0.4) is 0 Å². The van der Waals surface area contributed by atoms with Gasteiger partial charge in [-0.2, -0.15) is 0 Å². The third-order valence-electron chi connectivity index (χ3n) is 4.58. The number of hydrogen-bond donors (Lipinski definition) is 5. The van der Waals surface area contributed by atoms with Gasteiger partial charge >= 0.3 is 17.9 Å². The second-order valence-corrected chi connectivity index (χ2v) is 7.51. The Labute approximate surface area is 195 Å². The molecule has 0 saturated heterocycles. The molecule has 0 heterocycles. The molecule has 0 radical (unpaired) electrons. The van der Waals surface area contributed by atoms with Gasteiger partial charge in [0.2, 0.25) is 0 Å². The van der Waals surface area contributed by atoms with Gasteiger partial charge in [-0.3, -0.25) is 4.79 Å². The summed E-state index contributed by atoms with van der Waals surface area (Å²) < 4.78 is 0. The lowest BCUT2D eigenvalue weighted by atomic mass is 10.00. The van der Waals surface area contributed by atoms with Gasteiger partial charge in [-0.1, -0.05) is 35.3 Å². The van der Waals surface area contributed by atoms with Gasteiger partial charge in [-0.25, -0.2) is 14.4 Å². The number of carbonyl (C=O) groups is 4. The van der Waals surface area contributed by atoms with Crippen LogP contribution in [-0.2, 0) is 0 Å². The van der Waals surface area contributed by atoms with Crippen molar-refractivity contribution in [2.24, 2.45) is 0 Å². The lowest BCUT2D eigenvalue weighted by molar-refractivity contribution is 0.0676. The summed E-state index contributed by atoms with van der Waals surface area (Å²) in [5, 5.41) is 40.7. The Morgan fingerprint density at radius 2 is 1.33 bits per heavy atom. The number of aromatic carboxylic acids is 3. The maximum absolute atomic E-state index is 12.9. The van der Waals surface area contributed by atoms with Crippen molar-refractivity contribution in [2.75, 3.05) is 5.32 Å². The highest BCUT2D eigenvalue weighted by Crippen LogP contribution is 2.33. The molecule has 0 spiro atoms. The van der Waals surface area contributed by atoms with E-state index >= 15 is 0 Å². The van der Waals surface area contributed by atoms with Crippen molar-refractivity contribution >= 4 is 52.7 Å². The number of amides is 1. The predicted octanol–water partition coefficient (Wildman–Crippen LogP) is 4.71. The van der Waals surface area contributed by atoms with Crippen LogP contribution in [0.15, 0.2) is 48.5 Å². The fourth-order valence-corrected chi connectivity index (χ4v) is 3.56. The minimum absolute atomic E-state index is 0.197. The number of carboxylic acids is 3. The van der Waals surface area contributed by atoms with E-state index in [1.54, 1.807) is 12.1 Å². The molecule has 5 N–H and O–H groups in total. The van der Waals surface area contributed by atoms with Gasteiger partial charge < -0.3 is 25.7 Å². The van der Waals surface area contributed by atoms with Crippen molar-refractivity contribution < 1.29 is 39.6 Å².